The SMILES string of the molecule is COc1ccc2c(c1)[C@@H]1c3ccccc3[C@H]2[C@]23C(=O)OC(=O)[C@]12[C@@H]1C=C[C@H]3CC1. The Morgan fingerprint density at radius 1 is 0.828 bits per heavy atom. The lowest BCUT2D eigenvalue weighted by Crippen LogP contribution is -2.67. The summed E-state index contributed by atoms with van der Waals surface area (Å²) in [6.07, 6.45) is 6.24. The van der Waals surface area contributed by atoms with Gasteiger partial charge in [0.05, 0.1) is 7.11 Å². The number of cyclic esters (lactones) is 2. The van der Waals surface area contributed by atoms with Crippen molar-refractivity contribution in [1.82, 2.24) is 0 Å². The molecule has 0 spiro atoms. The molecule has 2 fully saturated rings. The second-order valence-electron chi connectivity index (χ2n) is 9.08. The van der Waals surface area contributed by atoms with Crippen molar-refractivity contribution in [1.29, 1.82) is 0 Å². The van der Waals surface area contributed by atoms with Gasteiger partial charge in [0.25, 0.3) is 0 Å². The summed E-state index contributed by atoms with van der Waals surface area (Å²) in [6.45, 7) is 0. The van der Waals surface area contributed by atoms with Gasteiger partial charge in [0.2, 0.25) is 0 Å². The van der Waals surface area contributed by atoms with Gasteiger partial charge in [-0.15, -0.1) is 0 Å². The summed E-state index contributed by atoms with van der Waals surface area (Å²) in [7, 11) is 1.66. The highest BCUT2D eigenvalue weighted by molar-refractivity contribution is 6.07. The van der Waals surface area contributed by atoms with Crippen molar-refractivity contribution in [3.05, 3.63) is 76.9 Å². The molecule has 1 aliphatic heterocycles. The number of rotatable bonds is 1. The molecule has 2 aromatic carbocycles. The Kier molecular flexibility index (Phi) is 2.65. The number of esters is 2. The molecule has 0 radical (unpaired) electrons. The average molecular weight is 384 g/mol. The molecule has 0 aromatic heterocycles. The van der Waals surface area contributed by atoms with Gasteiger partial charge >= 0.3 is 11.9 Å². The molecule has 29 heavy (non-hydrogen) atoms. The van der Waals surface area contributed by atoms with Crippen molar-refractivity contribution in [2.75, 3.05) is 7.11 Å². The molecular weight excluding hydrogens is 364 g/mol. The fourth-order valence-electron chi connectivity index (χ4n) is 7.77. The normalized spacial score (nSPS) is 39.5. The van der Waals surface area contributed by atoms with Gasteiger partial charge in [0.15, 0.2) is 0 Å². The molecule has 4 heteroatoms. The van der Waals surface area contributed by atoms with Crippen LogP contribution < -0.4 is 4.74 Å². The van der Waals surface area contributed by atoms with Gasteiger partial charge in [-0.2, -0.15) is 0 Å². The highest BCUT2D eigenvalue weighted by Gasteiger charge is 2.84. The summed E-state index contributed by atoms with van der Waals surface area (Å²) < 4.78 is 11.1. The van der Waals surface area contributed by atoms with Crippen LogP contribution in [0.15, 0.2) is 54.6 Å². The summed E-state index contributed by atoms with van der Waals surface area (Å²) in [6, 6.07) is 14.5. The number of benzene rings is 2. The number of hydrogen-bond acceptors (Lipinski definition) is 4. The average Bonchev–Trinajstić information content (AvgIpc) is 3.04. The van der Waals surface area contributed by atoms with Gasteiger partial charge in [0.1, 0.15) is 16.6 Å². The van der Waals surface area contributed by atoms with Gasteiger partial charge < -0.3 is 9.47 Å². The minimum absolute atomic E-state index is 0.0201. The lowest BCUT2D eigenvalue weighted by Gasteiger charge is -2.66. The maximum absolute atomic E-state index is 13.6. The largest absolute Gasteiger partial charge is 0.497 e. The second-order valence-corrected chi connectivity index (χ2v) is 9.08. The number of carbonyl (C=O) groups excluding carboxylic acids is 2. The zero-order valence-corrected chi connectivity index (χ0v) is 16.1. The Morgan fingerprint density at radius 3 is 1.93 bits per heavy atom. The van der Waals surface area contributed by atoms with Crippen LogP contribution in [0.3, 0.4) is 0 Å². The van der Waals surface area contributed by atoms with E-state index in [2.05, 4.69) is 36.4 Å². The van der Waals surface area contributed by atoms with Crippen molar-refractivity contribution < 1.29 is 19.1 Å². The molecule has 1 heterocycles. The van der Waals surface area contributed by atoms with Crippen molar-refractivity contribution >= 4 is 11.9 Å². The molecule has 0 N–H and O–H groups in total. The van der Waals surface area contributed by atoms with Crippen LogP contribution in [0.25, 0.3) is 0 Å². The van der Waals surface area contributed by atoms with Crippen LogP contribution in [-0.2, 0) is 14.3 Å². The quantitative estimate of drug-likeness (QED) is 0.425. The van der Waals surface area contributed by atoms with Crippen LogP contribution in [-0.4, -0.2) is 19.0 Å². The van der Waals surface area contributed by atoms with Gasteiger partial charge in [-0.3, -0.25) is 9.59 Å². The van der Waals surface area contributed by atoms with Crippen LogP contribution in [0.5, 0.6) is 5.75 Å². The zero-order valence-electron chi connectivity index (χ0n) is 16.1. The molecule has 6 aliphatic carbocycles. The standard InChI is InChI=1S/C25H20O4/c1-28-15-10-11-18-19(12-15)21-17-5-3-2-4-16(17)20(18)24-13-6-8-14(9-7-13)25(21,24)23(27)29-22(24)26/h2-6,8,10-14,20-21H,7,9H2,1H3/t13-,14+,20+,21-,24+,25-/m0/s1. The molecular formula is C25H20O4. The maximum Gasteiger partial charge on any atom is 0.322 e. The van der Waals surface area contributed by atoms with Gasteiger partial charge in [-0.1, -0.05) is 42.5 Å². The summed E-state index contributed by atoms with van der Waals surface area (Å²) in [5, 5.41) is 0. The highest BCUT2D eigenvalue weighted by atomic mass is 16.6. The van der Waals surface area contributed by atoms with E-state index in [1.165, 1.54) is 11.1 Å². The molecule has 1 saturated carbocycles. The zero-order chi connectivity index (χ0) is 19.5. The van der Waals surface area contributed by atoms with Crippen molar-refractivity contribution in [3.63, 3.8) is 0 Å². The molecule has 7 aliphatic rings. The van der Waals surface area contributed by atoms with E-state index < -0.39 is 10.8 Å². The Balaban J connectivity index is 1.68. The van der Waals surface area contributed by atoms with E-state index in [1.807, 2.05) is 18.2 Å². The number of methoxy groups -OCH3 is 1. The van der Waals surface area contributed by atoms with Crippen LogP contribution in [0, 0.1) is 22.7 Å². The first kappa shape index (κ1) is 16.0. The van der Waals surface area contributed by atoms with E-state index in [9.17, 15) is 9.59 Å². The lowest BCUT2D eigenvalue weighted by molar-refractivity contribution is -0.161. The fraction of sp³-hybridized carbons (Fsp3) is 0.360. The van der Waals surface area contributed by atoms with Gasteiger partial charge in [-0.05, 0) is 59.1 Å². The third kappa shape index (κ3) is 1.39. The third-order valence-corrected chi connectivity index (χ3v) is 8.52. The summed E-state index contributed by atoms with van der Waals surface area (Å²) in [4.78, 5) is 27.2. The van der Waals surface area contributed by atoms with E-state index in [1.54, 1.807) is 7.11 Å². The van der Waals surface area contributed by atoms with E-state index in [-0.39, 0.29) is 35.6 Å². The fourth-order valence-corrected chi connectivity index (χ4v) is 7.77. The first-order valence-electron chi connectivity index (χ1n) is 10.4. The molecule has 0 amide bonds. The Morgan fingerprint density at radius 2 is 1.38 bits per heavy atom. The van der Waals surface area contributed by atoms with E-state index in [0.717, 1.165) is 29.7 Å². The number of ether oxygens (including phenoxy) is 2. The minimum atomic E-state index is -0.847. The Hall–Kier alpha value is -2.88. The third-order valence-electron chi connectivity index (χ3n) is 8.52. The topological polar surface area (TPSA) is 52.6 Å². The molecule has 1 saturated heterocycles. The van der Waals surface area contributed by atoms with Crippen LogP contribution in [0.1, 0.15) is 46.9 Å². The monoisotopic (exact) mass is 384 g/mol. The lowest BCUT2D eigenvalue weighted by atomic mass is 9.32. The molecule has 4 nitrogen and oxygen atoms in total. The Bertz CT molecular complexity index is 1160. The van der Waals surface area contributed by atoms with Crippen molar-refractivity contribution in [2.24, 2.45) is 22.7 Å². The minimum Gasteiger partial charge on any atom is -0.497 e. The molecule has 6 atom stereocenters. The highest BCUT2D eigenvalue weighted by Crippen LogP contribution is 2.80. The van der Waals surface area contributed by atoms with E-state index in [4.69, 9.17) is 9.47 Å². The number of fused-ring (bicyclic) bond motifs is 1. The number of allylic oxidation sites excluding steroid dienone is 2. The maximum atomic E-state index is 13.6. The summed E-state index contributed by atoms with van der Waals surface area (Å²) in [5.74, 6) is -0.155. The van der Waals surface area contributed by atoms with Crippen LogP contribution in [0.4, 0.5) is 0 Å². The molecule has 9 rings (SSSR count). The van der Waals surface area contributed by atoms with Gasteiger partial charge in [-0.25, -0.2) is 0 Å². The first-order chi connectivity index (χ1) is 14.2. The second kappa shape index (κ2) is 4.81. The molecule has 2 aromatic rings. The Labute approximate surface area is 168 Å². The van der Waals surface area contributed by atoms with E-state index >= 15 is 0 Å². The van der Waals surface area contributed by atoms with Crippen molar-refractivity contribution in [2.45, 2.75) is 24.7 Å². The van der Waals surface area contributed by atoms with Crippen LogP contribution in [0.2, 0.25) is 0 Å². The van der Waals surface area contributed by atoms with Gasteiger partial charge in [0, 0.05) is 11.8 Å². The number of hydrogen-bond donors (Lipinski definition) is 0. The molecule has 0 unspecified atom stereocenters. The molecule has 144 valence electrons. The molecule has 4 bridgehead atoms. The van der Waals surface area contributed by atoms with E-state index in [0.29, 0.717) is 0 Å². The summed E-state index contributed by atoms with van der Waals surface area (Å²) in [5.41, 5.74) is 2.94. The summed E-state index contributed by atoms with van der Waals surface area (Å²) >= 11 is 0. The smallest absolute Gasteiger partial charge is 0.322 e. The van der Waals surface area contributed by atoms with Crippen molar-refractivity contribution in [3.8, 4) is 5.75 Å². The first-order valence-corrected chi connectivity index (χ1v) is 10.4. The predicted molar refractivity (Wildman–Crippen MR) is 104 cm³/mol. The van der Waals surface area contributed by atoms with Crippen LogP contribution >= 0.6 is 0 Å². The number of carbonyl (C=O) groups is 2. The predicted octanol–water partition coefficient (Wildman–Crippen LogP) is 3.94.